The predicted molar refractivity (Wildman–Crippen MR) is 51.0 cm³/mol. The second-order valence-electron chi connectivity index (χ2n) is 4.11. The fraction of sp³-hybridized carbons (Fsp3) is 0.600. The van der Waals surface area contributed by atoms with Gasteiger partial charge in [0.1, 0.15) is 0 Å². The lowest BCUT2D eigenvalue weighted by atomic mass is 9.70. The van der Waals surface area contributed by atoms with Crippen LogP contribution in [0, 0.1) is 17.3 Å². The van der Waals surface area contributed by atoms with Gasteiger partial charge in [0.2, 0.25) is 0 Å². The third-order valence-electron chi connectivity index (χ3n) is 3.59. The van der Waals surface area contributed by atoms with Crippen LogP contribution < -0.4 is 0 Å². The smallest absolute Gasteiger partial charge is 0.0887 e. The average molecular weight is 146 g/mol. The normalized spacial score (nSPS) is 46.3. The second kappa shape index (κ2) is 2.03. The van der Waals surface area contributed by atoms with Gasteiger partial charge in [-0.1, -0.05) is 44.4 Å². The van der Waals surface area contributed by atoms with Crippen LogP contribution in [0.15, 0.2) is 23.7 Å². The molecule has 0 aromatic carbocycles. The lowest BCUT2D eigenvalue weighted by Crippen LogP contribution is -2.00. The molecule has 0 bridgehead atoms. The van der Waals surface area contributed by atoms with Crippen LogP contribution in [-0.4, -0.2) is 7.28 Å². The lowest BCUT2D eigenvalue weighted by molar-refractivity contribution is 0.647. The van der Waals surface area contributed by atoms with Crippen molar-refractivity contribution in [1.82, 2.24) is 0 Å². The first-order valence-electron chi connectivity index (χ1n) is 4.58. The van der Waals surface area contributed by atoms with Gasteiger partial charge < -0.3 is 0 Å². The molecule has 0 heterocycles. The van der Waals surface area contributed by atoms with Crippen molar-refractivity contribution in [3.63, 3.8) is 0 Å². The molecule has 2 aliphatic carbocycles. The summed E-state index contributed by atoms with van der Waals surface area (Å²) in [6.07, 6.45) is 7.17. The summed E-state index contributed by atoms with van der Waals surface area (Å²) in [6, 6.07) is 0. The number of rotatable bonds is 1. The summed E-state index contributed by atoms with van der Waals surface area (Å²) < 4.78 is 0. The third-order valence-corrected chi connectivity index (χ3v) is 3.59. The Morgan fingerprint density at radius 3 is 2.82 bits per heavy atom. The van der Waals surface area contributed by atoms with Crippen LogP contribution >= 0.6 is 0 Å². The van der Waals surface area contributed by atoms with Gasteiger partial charge in [0, 0.05) is 0 Å². The first-order chi connectivity index (χ1) is 5.18. The Morgan fingerprint density at radius 1 is 1.55 bits per heavy atom. The molecule has 58 valence electrons. The highest BCUT2D eigenvalue weighted by molar-refractivity contribution is 6.44. The van der Waals surface area contributed by atoms with Gasteiger partial charge in [-0.3, -0.25) is 0 Å². The van der Waals surface area contributed by atoms with Crippen molar-refractivity contribution < 1.29 is 0 Å². The Kier molecular flexibility index (Phi) is 1.33. The van der Waals surface area contributed by atoms with Crippen LogP contribution in [0.25, 0.3) is 0 Å². The quantitative estimate of drug-likeness (QED) is 0.497. The van der Waals surface area contributed by atoms with E-state index in [1.54, 1.807) is 0 Å². The maximum Gasteiger partial charge on any atom is 0.154 e. The summed E-state index contributed by atoms with van der Waals surface area (Å²) in [5.74, 6) is 1.73. The van der Waals surface area contributed by atoms with Crippen molar-refractivity contribution in [2.24, 2.45) is 17.3 Å². The molecule has 1 fully saturated rings. The molecule has 0 aromatic heterocycles. The highest BCUT2D eigenvalue weighted by Gasteiger charge is 2.55. The van der Waals surface area contributed by atoms with E-state index < -0.39 is 0 Å². The van der Waals surface area contributed by atoms with E-state index in [0.29, 0.717) is 5.41 Å². The minimum Gasteiger partial charge on any atom is -0.0887 e. The van der Waals surface area contributed by atoms with E-state index in [1.807, 2.05) is 0 Å². The van der Waals surface area contributed by atoms with Crippen molar-refractivity contribution in [3.8, 4) is 0 Å². The van der Waals surface area contributed by atoms with Crippen molar-refractivity contribution in [1.29, 1.82) is 0 Å². The zero-order valence-electron chi connectivity index (χ0n) is 7.59. The predicted octanol–water partition coefficient (Wildman–Crippen LogP) is 2.20. The zero-order valence-corrected chi connectivity index (χ0v) is 7.59. The van der Waals surface area contributed by atoms with Crippen molar-refractivity contribution in [3.05, 3.63) is 23.7 Å². The fourth-order valence-electron chi connectivity index (χ4n) is 2.19. The van der Waals surface area contributed by atoms with E-state index in [1.165, 1.54) is 12.8 Å². The second-order valence-corrected chi connectivity index (χ2v) is 4.11. The topological polar surface area (TPSA) is 0 Å². The molecule has 0 nitrogen and oxygen atoms in total. The summed E-state index contributed by atoms with van der Waals surface area (Å²) in [6.45, 7) is 6.94. The van der Waals surface area contributed by atoms with Crippen LogP contribution in [0.5, 0.6) is 0 Å². The molecule has 2 aliphatic rings. The van der Waals surface area contributed by atoms with Crippen LogP contribution in [0.4, 0.5) is 0 Å². The maximum absolute atomic E-state index is 2.46. The molecule has 1 heteroatoms. The Morgan fingerprint density at radius 2 is 2.27 bits per heavy atom. The zero-order chi connectivity index (χ0) is 8.06. The largest absolute Gasteiger partial charge is 0.154 e. The number of allylic oxidation sites excluding steroid dienone is 4. The molecular formula is C10H15B. The first kappa shape index (κ1) is 7.21. The van der Waals surface area contributed by atoms with Gasteiger partial charge in [0.15, 0.2) is 7.28 Å². The van der Waals surface area contributed by atoms with Crippen LogP contribution in [0.2, 0.25) is 6.82 Å². The molecule has 0 aliphatic heterocycles. The van der Waals surface area contributed by atoms with Crippen molar-refractivity contribution >= 4 is 7.28 Å². The molecule has 2 rings (SSSR count). The Balaban J connectivity index is 2.23. The molecule has 3 atom stereocenters. The molecule has 1 saturated carbocycles. The Hall–Kier alpha value is -0.455. The van der Waals surface area contributed by atoms with Gasteiger partial charge in [0.05, 0.1) is 0 Å². The van der Waals surface area contributed by atoms with Gasteiger partial charge in [-0.15, -0.1) is 0 Å². The lowest BCUT2D eigenvalue weighted by Gasteiger charge is -2.08. The van der Waals surface area contributed by atoms with E-state index in [4.69, 9.17) is 0 Å². The van der Waals surface area contributed by atoms with E-state index in [2.05, 4.69) is 38.9 Å². The van der Waals surface area contributed by atoms with E-state index in [0.717, 1.165) is 11.8 Å². The molecule has 0 spiro atoms. The minimum atomic E-state index is 0.526. The highest BCUT2D eigenvalue weighted by Crippen LogP contribution is 2.61. The maximum atomic E-state index is 2.46. The number of hydrogen-bond donors (Lipinski definition) is 0. The van der Waals surface area contributed by atoms with Gasteiger partial charge >= 0.3 is 0 Å². The summed E-state index contributed by atoms with van der Waals surface area (Å²) in [7, 11) is 1.19. The molecular weight excluding hydrogens is 131 g/mol. The number of fused-ring (bicyclic) bond motifs is 1. The average Bonchev–Trinajstić information content (AvgIpc) is 2.55. The minimum absolute atomic E-state index is 0.526. The standard InChI is InChI=1S/C10H15B/c1-7-9-6-8(11-3)4-5-10(7,9)2/h4-7,9,11H,1-3H3/t7-,9?,10?/m1/s1. The molecule has 0 radical (unpaired) electrons. The van der Waals surface area contributed by atoms with Gasteiger partial charge in [0.25, 0.3) is 0 Å². The summed E-state index contributed by atoms with van der Waals surface area (Å²) in [5, 5.41) is 0. The van der Waals surface area contributed by atoms with Gasteiger partial charge in [-0.25, -0.2) is 0 Å². The monoisotopic (exact) mass is 146 g/mol. The molecule has 2 unspecified atom stereocenters. The Labute approximate surface area is 69.6 Å². The SMILES string of the molecule is CBC1=CC2[C@@H](C)C2(C)C=C1. The third kappa shape index (κ3) is 0.833. The van der Waals surface area contributed by atoms with Crippen molar-refractivity contribution in [2.45, 2.75) is 20.7 Å². The van der Waals surface area contributed by atoms with E-state index in [-0.39, 0.29) is 0 Å². The van der Waals surface area contributed by atoms with Crippen LogP contribution in [-0.2, 0) is 0 Å². The van der Waals surface area contributed by atoms with E-state index >= 15 is 0 Å². The number of hydrogen-bond acceptors (Lipinski definition) is 0. The van der Waals surface area contributed by atoms with Gasteiger partial charge in [-0.2, -0.15) is 0 Å². The van der Waals surface area contributed by atoms with Crippen LogP contribution in [0.1, 0.15) is 13.8 Å². The fourth-order valence-corrected chi connectivity index (χ4v) is 2.19. The summed E-state index contributed by atoms with van der Waals surface area (Å²) in [4.78, 5) is 0. The highest BCUT2D eigenvalue weighted by atomic mass is 14.6. The molecule has 0 aromatic rings. The van der Waals surface area contributed by atoms with Gasteiger partial charge in [-0.05, 0) is 17.3 Å². The van der Waals surface area contributed by atoms with E-state index in [9.17, 15) is 0 Å². The van der Waals surface area contributed by atoms with Crippen molar-refractivity contribution in [2.75, 3.05) is 0 Å². The summed E-state index contributed by atoms with van der Waals surface area (Å²) >= 11 is 0. The molecule has 11 heavy (non-hydrogen) atoms. The first-order valence-corrected chi connectivity index (χ1v) is 4.58. The molecule has 0 N–H and O–H groups in total. The molecule has 0 amide bonds. The van der Waals surface area contributed by atoms with Crippen LogP contribution in [0.3, 0.4) is 0 Å². The summed E-state index contributed by atoms with van der Waals surface area (Å²) in [5.41, 5.74) is 2.05. The Bertz CT molecular complexity index is 239. The molecule has 0 saturated heterocycles.